The molecule has 0 radical (unpaired) electrons. The van der Waals surface area contributed by atoms with Crippen LogP contribution in [0.3, 0.4) is 0 Å². The lowest BCUT2D eigenvalue weighted by Crippen LogP contribution is -2.44. The molecule has 3 rings (SSSR count). The minimum absolute atomic E-state index is 0.120. The molecule has 1 aromatic rings. The summed E-state index contributed by atoms with van der Waals surface area (Å²) in [4.78, 5) is 13.9. The molecule has 2 unspecified atom stereocenters. The molecule has 1 aliphatic carbocycles. The monoisotopic (exact) mass is 330 g/mol. The fourth-order valence-electron chi connectivity index (χ4n) is 3.46. The molecule has 24 heavy (non-hydrogen) atoms. The fraction of sp³-hybridized carbons (Fsp3) is 0.632. The lowest BCUT2D eigenvalue weighted by Gasteiger charge is -2.20. The smallest absolute Gasteiger partial charge is 0.242 e. The summed E-state index contributed by atoms with van der Waals surface area (Å²) >= 11 is 0. The highest BCUT2D eigenvalue weighted by Gasteiger charge is 2.47. The van der Waals surface area contributed by atoms with Crippen LogP contribution in [0.25, 0.3) is 0 Å². The van der Waals surface area contributed by atoms with Gasteiger partial charge in [-0.3, -0.25) is 15.6 Å². The number of rotatable bonds is 8. The van der Waals surface area contributed by atoms with Crippen LogP contribution in [-0.2, 0) is 4.79 Å². The van der Waals surface area contributed by atoms with Crippen LogP contribution in [0.15, 0.2) is 30.3 Å². The fourth-order valence-corrected chi connectivity index (χ4v) is 3.46. The van der Waals surface area contributed by atoms with Gasteiger partial charge in [-0.25, -0.2) is 0 Å². The van der Waals surface area contributed by atoms with Gasteiger partial charge in [-0.2, -0.15) is 0 Å². The average Bonchev–Trinajstić information content (AvgIpc) is 3.18. The van der Waals surface area contributed by atoms with Gasteiger partial charge in [0.2, 0.25) is 5.91 Å². The summed E-state index contributed by atoms with van der Waals surface area (Å²) in [6.45, 7) is 0.820. The third-order valence-corrected chi connectivity index (χ3v) is 5.29. The molecule has 1 saturated heterocycles. The molecule has 1 amide bonds. The predicted octanol–water partition coefficient (Wildman–Crippen LogP) is 2.10. The van der Waals surface area contributed by atoms with Crippen molar-refractivity contribution in [1.82, 2.24) is 15.8 Å². The molecule has 132 valence electrons. The Hall–Kier alpha value is -1.43. The maximum atomic E-state index is 12.1. The zero-order valence-corrected chi connectivity index (χ0v) is 14.6. The maximum absolute atomic E-state index is 12.1. The van der Waals surface area contributed by atoms with Gasteiger partial charge in [-0.05, 0) is 37.7 Å². The number of hydrazine groups is 1. The molecule has 1 saturated carbocycles. The third kappa shape index (κ3) is 4.35. The molecule has 0 spiro atoms. The lowest BCUT2D eigenvalue weighted by molar-refractivity contribution is -0.132. The van der Waals surface area contributed by atoms with Crippen LogP contribution in [0.5, 0.6) is 0 Å². The van der Waals surface area contributed by atoms with Gasteiger partial charge in [0.1, 0.15) is 0 Å². The summed E-state index contributed by atoms with van der Waals surface area (Å²) in [6.07, 6.45) is 7.41. The van der Waals surface area contributed by atoms with E-state index in [1.807, 2.05) is 11.9 Å². The van der Waals surface area contributed by atoms with Crippen LogP contribution < -0.4 is 16.6 Å². The standard InChI is InChI=1S/C19H30N4O/c1-23(18(24)19(20)11-12-19)13-7-3-6-10-16-14-17(22-21-16)15-8-4-2-5-9-15/h2,4-5,8-9,16-17,21-22H,3,6-7,10-14,20H2,1H3. The van der Waals surface area contributed by atoms with Gasteiger partial charge in [0, 0.05) is 25.7 Å². The molecule has 2 atom stereocenters. The first-order chi connectivity index (χ1) is 11.6. The largest absolute Gasteiger partial charge is 0.344 e. The van der Waals surface area contributed by atoms with E-state index in [0.29, 0.717) is 12.1 Å². The normalized spacial score (nSPS) is 24.8. The van der Waals surface area contributed by atoms with Gasteiger partial charge >= 0.3 is 0 Å². The summed E-state index contributed by atoms with van der Waals surface area (Å²) in [7, 11) is 1.88. The van der Waals surface area contributed by atoms with Crippen molar-refractivity contribution in [3.63, 3.8) is 0 Å². The Labute approximate surface area is 144 Å². The van der Waals surface area contributed by atoms with E-state index in [-0.39, 0.29) is 5.91 Å². The van der Waals surface area contributed by atoms with Crippen LogP contribution in [0.1, 0.15) is 56.6 Å². The number of nitrogens with two attached hydrogens (primary N) is 1. The van der Waals surface area contributed by atoms with Crippen molar-refractivity contribution in [3.05, 3.63) is 35.9 Å². The molecular weight excluding hydrogens is 300 g/mol. The van der Waals surface area contributed by atoms with Crippen molar-refractivity contribution in [3.8, 4) is 0 Å². The van der Waals surface area contributed by atoms with Gasteiger partial charge < -0.3 is 10.6 Å². The molecule has 0 aromatic heterocycles. The summed E-state index contributed by atoms with van der Waals surface area (Å²) < 4.78 is 0. The van der Waals surface area contributed by atoms with Gasteiger partial charge in [-0.15, -0.1) is 0 Å². The van der Waals surface area contributed by atoms with Crippen LogP contribution >= 0.6 is 0 Å². The van der Waals surface area contributed by atoms with E-state index >= 15 is 0 Å². The number of hydrogen-bond acceptors (Lipinski definition) is 4. The Morgan fingerprint density at radius 1 is 1.21 bits per heavy atom. The second-order valence-corrected chi connectivity index (χ2v) is 7.42. The topological polar surface area (TPSA) is 70.4 Å². The predicted molar refractivity (Wildman–Crippen MR) is 96.1 cm³/mol. The van der Waals surface area contributed by atoms with E-state index in [1.54, 1.807) is 0 Å². The first kappa shape index (κ1) is 17.4. The Morgan fingerprint density at radius 3 is 2.67 bits per heavy atom. The first-order valence-corrected chi connectivity index (χ1v) is 9.19. The third-order valence-electron chi connectivity index (χ3n) is 5.29. The van der Waals surface area contributed by atoms with E-state index in [4.69, 9.17) is 5.73 Å². The van der Waals surface area contributed by atoms with Gasteiger partial charge in [0.15, 0.2) is 0 Å². The van der Waals surface area contributed by atoms with Crippen LogP contribution in [0.4, 0.5) is 0 Å². The van der Waals surface area contributed by atoms with E-state index in [9.17, 15) is 4.79 Å². The number of carbonyl (C=O) groups excluding carboxylic acids is 1. The SMILES string of the molecule is CN(CCCCCC1CC(c2ccccc2)NN1)C(=O)C1(N)CC1. The number of unbranched alkanes of at least 4 members (excludes halogenated alkanes) is 2. The number of carbonyl (C=O) groups is 1. The van der Waals surface area contributed by atoms with Gasteiger partial charge in [-0.1, -0.05) is 43.2 Å². The van der Waals surface area contributed by atoms with E-state index in [1.165, 1.54) is 18.4 Å². The van der Waals surface area contributed by atoms with Crippen molar-refractivity contribution < 1.29 is 4.79 Å². The highest BCUT2D eigenvalue weighted by molar-refractivity contribution is 5.88. The van der Waals surface area contributed by atoms with E-state index in [2.05, 4.69) is 41.2 Å². The molecule has 1 heterocycles. The second-order valence-electron chi connectivity index (χ2n) is 7.42. The molecule has 2 fully saturated rings. The minimum Gasteiger partial charge on any atom is -0.344 e. The number of nitrogens with one attached hydrogen (secondary N) is 2. The number of likely N-dealkylation sites (N-methyl/N-ethyl adjacent to an activating group) is 1. The summed E-state index contributed by atoms with van der Waals surface area (Å²) in [6, 6.07) is 11.6. The Kier molecular flexibility index (Phi) is 5.54. The average molecular weight is 330 g/mol. The zero-order valence-electron chi connectivity index (χ0n) is 14.6. The summed E-state index contributed by atoms with van der Waals surface area (Å²) in [5.74, 6) is 0.120. The van der Waals surface area contributed by atoms with E-state index < -0.39 is 5.54 Å². The first-order valence-electron chi connectivity index (χ1n) is 9.19. The van der Waals surface area contributed by atoms with Crippen molar-refractivity contribution in [2.24, 2.45) is 5.73 Å². The van der Waals surface area contributed by atoms with Crippen LogP contribution in [0, 0.1) is 0 Å². The molecule has 4 N–H and O–H groups in total. The molecule has 2 aliphatic rings. The lowest BCUT2D eigenvalue weighted by atomic mass is 9.99. The zero-order chi connectivity index (χ0) is 17.0. The second kappa shape index (κ2) is 7.64. The Bertz CT molecular complexity index is 544. The molecule has 1 aromatic carbocycles. The molecular formula is C19H30N4O. The van der Waals surface area contributed by atoms with Crippen LogP contribution in [0.2, 0.25) is 0 Å². The number of benzene rings is 1. The summed E-state index contributed by atoms with van der Waals surface area (Å²) in [5.41, 5.74) is 13.6. The molecule has 0 bridgehead atoms. The Balaban J connectivity index is 1.28. The van der Waals surface area contributed by atoms with Crippen LogP contribution in [-0.4, -0.2) is 36.0 Å². The van der Waals surface area contributed by atoms with E-state index in [0.717, 1.165) is 38.6 Å². The van der Waals surface area contributed by atoms with Crippen molar-refractivity contribution >= 4 is 5.91 Å². The number of hydrogen-bond donors (Lipinski definition) is 3. The maximum Gasteiger partial charge on any atom is 0.242 e. The number of amides is 1. The van der Waals surface area contributed by atoms with Crippen molar-refractivity contribution in [2.45, 2.75) is 62.6 Å². The molecule has 5 nitrogen and oxygen atoms in total. The van der Waals surface area contributed by atoms with Crippen molar-refractivity contribution in [1.29, 1.82) is 0 Å². The highest BCUT2D eigenvalue weighted by Crippen LogP contribution is 2.33. The quantitative estimate of drug-likeness (QED) is 0.639. The highest BCUT2D eigenvalue weighted by atomic mass is 16.2. The van der Waals surface area contributed by atoms with Gasteiger partial charge in [0.05, 0.1) is 5.54 Å². The molecule has 5 heteroatoms. The van der Waals surface area contributed by atoms with Gasteiger partial charge in [0.25, 0.3) is 0 Å². The molecule has 1 aliphatic heterocycles. The Morgan fingerprint density at radius 2 is 1.96 bits per heavy atom. The summed E-state index contributed by atoms with van der Waals surface area (Å²) in [5, 5.41) is 0. The van der Waals surface area contributed by atoms with Crippen molar-refractivity contribution in [2.75, 3.05) is 13.6 Å². The number of nitrogens with zero attached hydrogens (tertiary/aromatic N) is 1. The minimum atomic E-state index is -0.527.